The van der Waals surface area contributed by atoms with Gasteiger partial charge in [-0.2, -0.15) is 0 Å². The van der Waals surface area contributed by atoms with Gasteiger partial charge in [0.1, 0.15) is 5.75 Å². The van der Waals surface area contributed by atoms with Gasteiger partial charge in [-0.05, 0) is 47.7 Å². The zero-order chi connectivity index (χ0) is 17.5. The van der Waals surface area contributed by atoms with Crippen LogP contribution in [-0.4, -0.2) is 13.1 Å². The highest BCUT2D eigenvalue weighted by molar-refractivity contribution is 6.31. The molecule has 128 valence electrons. The molecule has 0 radical (unpaired) electrons. The van der Waals surface area contributed by atoms with Crippen LogP contribution in [0.5, 0.6) is 5.75 Å². The fourth-order valence-corrected chi connectivity index (χ4v) is 2.88. The Morgan fingerprint density at radius 3 is 2.62 bits per heavy atom. The topological polar surface area (TPSA) is 50.4 Å². The predicted octanol–water partition coefficient (Wildman–Crippen LogP) is 4.80. The third-order valence-electron chi connectivity index (χ3n) is 3.90. The summed E-state index contributed by atoms with van der Waals surface area (Å²) in [5.74, 6) is 0.770. The number of ether oxygens (including phenoxy) is 1. The van der Waals surface area contributed by atoms with E-state index in [0.717, 1.165) is 41.0 Å². The number of carbonyl (C=O) groups excluding carboxylic acids is 1. The number of hydrogen-bond acceptors (Lipinski definition) is 2. The van der Waals surface area contributed by atoms with Crippen molar-refractivity contribution in [1.82, 2.24) is 5.32 Å². The molecule has 0 aliphatic rings. The van der Waals surface area contributed by atoms with Crippen LogP contribution >= 0.6 is 11.6 Å². The molecule has 0 aliphatic carbocycles. The van der Waals surface area contributed by atoms with Gasteiger partial charge in [-0.25, -0.2) is 4.79 Å². The van der Waals surface area contributed by atoms with Crippen LogP contribution in [0.25, 0.3) is 0 Å². The molecular formula is C19H23ClN2O2. The molecule has 0 atom stereocenters. The molecular weight excluding hydrogens is 324 g/mol. The van der Waals surface area contributed by atoms with Gasteiger partial charge in [-0.1, -0.05) is 43.6 Å². The molecule has 0 saturated carbocycles. The van der Waals surface area contributed by atoms with E-state index < -0.39 is 0 Å². The summed E-state index contributed by atoms with van der Waals surface area (Å²) in [5.41, 5.74) is 3.83. The normalized spacial score (nSPS) is 10.3. The van der Waals surface area contributed by atoms with Gasteiger partial charge in [-0.3, -0.25) is 0 Å². The van der Waals surface area contributed by atoms with Crippen LogP contribution in [0.1, 0.15) is 30.5 Å². The Morgan fingerprint density at radius 1 is 1.17 bits per heavy atom. The summed E-state index contributed by atoms with van der Waals surface area (Å²) in [6, 6.07) is 11.2. The van der Waals surface area contributed by atoms with Gasteiger partial charge in [0.2, 0.25) is 0 Å². The predicted molar refractivity (Wildman–Crippen MR) is 99.1 cm³/mol. The minimum Gasteiger partial charge on any atom is -0.497 e. The summed E-state index contributed by atoms with van der Waals surface area (Å²) < 4.78 is 5.19. The van der Waals surface area contributed by atoms with Crippen molar-refractivity contribution in [3.05, 3.63) is 58.1 Å². The monoisotopic (exact) mass is 346 g/mol. The summed E-state index contributed by atoms with van der Waals surface area (Å²) in [7, 11) is 1.62. The maximum Gasteiger partial charge on any atom is 0.319 e. The van der Waals surface area contributed by atoms with Gasteiger partial charge >= 0.3 is 6.03 Å². The Morgan fingerprint density at radius 2 is 1.96 bits per heavy atom. The first-order valence-corrected chi connectivity index (χ1v) is 8.44. The molecule has 24 heavy (non-hydrogen) atoms. The number of anilines is 1. The summed E-state index contributed by atoms with van der Waals surface area (Å²) in [4.78, 5) is 12.3. The van der Waals surface area contributed by atoms with E-state index in [2.05, 4.69) is 17.6 Å². The zero-order valence-electron chi connectivity index (χ0n) is 14.3. The number of hydrogen-bond donors (Lipinski definition) is 2. The molecule has 2 rings (SSSR count). The third-order valence-corrected chi connectivity index (χ3v) is 4.26. The molecule has 2 amide bonds. The molecule has 0 aliphatic heterocycles. The van der Waals surface area contributed by atoms with Gasteiger partial charge in [0, 0.05) is 11.6 Å². The smallest absolute Gasteiger partial charge is 0.319 e. The Kier molecular flexibility index (Phi) is 6.50. The highest BCUT2D eigenvalue weighted by atomic mass is 35.5. The van der Waals surface area contributed by atoms with Crippen LogP contribution < -0.4 is 15.4 Å². The number of nitrogens with one attached hydrogen (secondary N) is 2. The molecule has 0 fully saturated rings. The van der Waals surface area contributed by atoms with Crippen LogP contribution in [-0.2, 0) is 19.4 Å². The van der Waals surface area contributed by atoms with Crippen molar-refractivity contribution in [3.8, 4) is 5.75 Å². The minimum absolute atomic E-state index is 0.246. The Hall–Kier alpha value is -2.20. The summed E-state index contributed by atoms with van der Waals surface area (Å²) in [6.45, 7) is 4.51. The van der Waals surface area contributed by atoms with Crippen molar-refractivity contribution in [2.24, 2.45) is 0 Å². The lowest BCUT2D eigenvalue weighted by Gasteiger charge is -2.16. The van der Waals surface area contributed by atoms with E-state index in [9.17, 15) is 4.79 Å². The summed E-state index contributed by atoms with van der Waals surface area (Å²) in [6.07, 6.45) is 1.59. The van der Waals surface area contributed by atoms with Gasteiger partial charge in [0.05, 0.1) is 12.8 Å². The van der Waals surface area contributed by atoms with Crippen LogP contribution in [0.3, 0.4) is 0 Å². The maximum absolute atomic E-state index is 12.3. The van der Waals surface area contributed by atoms with Crippen molar-refractivity contribution >= 4 is 23.3 Å². The van der Waals surface area contributed by atoms with Crippen LogP contribution in [0, 0.1) is 0 Å². The minimum atomic E-state index is -0.246. The average Bonchev–Trinajstić information content (AvgIpc) is 2.60. The van der Waals surface area contributed by atoms with Gasteiger partial charge in [0.15, 0.2) is 0 Å². The fourth-order valence-electron chi connectivity index (χ4n) is 2.59. The SMILES string of the molecule is CCc1ccc(Cl)c(CC)c1NC(=O)NCc1cccc(OC)c1. The van der Waals surface area contributed by atoms with E-state index in [1.54, 1.807) is 7.11 Å². The van der Waals surface area contributed by atoms with Crippen molar-refractivity contribution in [2.45, 2.75) is 33.2 Å². The standard InChI is InChI=1S/C19H23ClN2O2/c1-4-14-9-10-17(20)16(5-2)18(14)22-19(23)21-12-13-7-6-8-15(11-13)24-3/h6-11H,4-5,12H2,1-3H3,(H2,21,22,23). The lowest BCUT2D eigenvalue weighted by molar-refractivity contribution is 0.251. The molecule has 0 spiro atoms. The fraction of sp³-hybridized carbons (Fsp3) is 0.316. The van der Waals surface area contributed by atoms with Gasteiger partial charge in [0.25, 0.3) is 0 Å². The van der Waals surface area contributed by atoms with E-state index in [-0.39, 0.29) is 6.03 Å². The summed E-state index contributed by atoms with van der Waals surface area (Å²) >= 11 is 6.26. The van der Waals surface area contributed by atoms with E-state index in [1.807, 2.05) is 43.3 Å². The van der Waals surface area contributed by atoms with E-state index in [4.69, 9.17) is 16.3 Å². The van der Waals surface area contributed by atoms with E-state index >= 15 is 0 Å². The lowest BCUT2D eigenvalue weighted by Crippen LogP contribution is -2.29. The molecule has 2 aromatic carbocycles. The quantitative estimate of drug-likeness (QED) is 0.789. The van der Waals surface area contributed by atoms with E-state index in [0.29, 0.717) is 11.6 Å². The second kappa shape index (κ2) is 8.60. The second-order valence-electron chi connectivity index (χ2n) is 5.43. The largest absolute Gasteiger partial charge is 0.497 e. The summed E-state index contributed by atoms with van der Waals surface area (Å²) in [5, 5.41) is 6.51. The van der Waals surface area contributed by atoms with E-state index in [1.165, 1.54) is 0 Å². The first kappa shape index (κ1) is 18.1. The van der Waals surface area contributed by atoms with Crippen molar-refractivity contribution in [3.63, 3.8) is 0 Å². The molecule has 0 bridgehead atoms. The first-order valence-electron chi connectivity index (χ1n) is 8.07. The third kappa shape index (κ3) is 4.42. The molecule has 0 heterocycles. The molecule has 0 aromatic heterocycles. The highest BCUT2D eigenvalue weighted by Crippen LogP contribution is 2.29. The number of halogens is 1. The number of urea groups is 1. The molecule has 5 heteroatoms. The zero-order valence-corrected chi connectivity index (χ0v) is 15.0. The Labute approximate surface area is 148 Å². The Balaban J connectivity index is 2.08. The average molecular weight is 347 g/mol. The lowest BCUT2D eigenvalue weighted by atomic mass is 10.0. The van der Waals surface area contributed by atoms with Crippen LogP contribution in [0.4, 0.5) is 10.5 Å². The number of rotatable bonds is 6. The van der Waals surface area contributed by atoms with Crippen LogP contribution in [0.2, 0.25) is 5.02 Å². The number of methoxy groups -OCH3 is 1. The Bertz CT molecular complexity index is 717. The molecule has 2 N–H and O–H groups in total. The second-order valence-corrected chi connectivity index (χ2v) is 5.83. The first-order chi connectivity index (χ1) is 11.6. The molecule has 0 saturated heterocycles. The van der Waals surface area contributed by atoms with Crippen molar-refractivity contribution in [1.29, 1.82) is 0 Å². The van der Waals surface area contributed by atoms with Crippen LogP contribution in [0.15, 0.2) is 36.4 Å². The number of carbonyl (C=O) groups is 1. The molecule has 0 unspecified atom stereocenters. The molecule has 2 aromatic rings. The van der Waals surface area contributed by atoms with Gasteiger partial charge < -0.3 is 15.4 Å². The maximum atomic E-state index is 12.3. The number of aryl methyl sites for hydroxylation is 1. The van der Waals surface area contributed by atoms with Crippen molar-refractivity contribution < 1.29 is 9.53 Å². The molecule has 4 nitrogen and oxygen atoms in total. The van der Waals surface area contributed by atoms with Crippen molar-refractivity contribution in [2.75, 3.05) is 12.4 Å². The number of amides is 2. The highest BCUT2D eigenvalue weighted by Gasteiger charge is 2.13. The number of benzene rings is 2. The van der Waals surface area contributed by atoms with Gasteiger partial charge in [-0.15, -0.1) is 0 Å².